The third-order valence-electron chi connectivity index (χ3n) is 1.84. The second-order valence-corrected chi connectivity index (χ2v) is 3.28. The summed E-state index contributed by atoms with van der Waals surface area (Å²) < 4.78 is 0. The van der Waals surface area contributed by atoms with Crippen LogP contribution in [0.15, 0.2) is 0 Å². The van der Waals surface area contributed by atoms with E-state index in [1.54, 1.807) is 0 Å². The fourth-order valence-electron chi connectivity index (χ4n) is 0.878. The summed E-state index contributed by atoms with van der Waals surface area (Å²) in [6.45, 7) is 3.46. The van der Waals surface area contributed by atoms with Crippen LogP contribution >= 0.6 is 0 Å². The molecule has 5 nitrogen and oxygen atoms in total. The summed E-state index contributed by atoms with van der Waals surface area (Å²) in [5, 5.41) is 16.9. The number of rotatable bonds is 4. The summed E-state index contributed by atoms with van der Waals surface area (Å²) >= 11 is 0. The van der Waals surface area contributed by atoms with Gasteiger partial charge < -0.3 is 10.6 Å². The minimum absolute atomic E-state index is 0.00221. The Morgan fingerprint density at radius 1 is 1.36 bits per heavy atom. The Balaban J connectivity index is 4.45. The second kappa shape index (κ2) is 5.95. The van der Waals surface area contributed by atoms with Gasteiger partial charge in [0.05, 0.1) is 18.2 Å². The molecule has 0 rings (SSSR count). The molecule has 2 N–H and O–H groups in total. The lowest BCUT2D eigenvalue weighted by molar-refractivity contribution is -0.132. The van der Waals surface area contributed by atoms with Crippen molar-refractivity contribution in [3.05, 3.63) is 0 Å². The highest BCUT2D eigenvalue weighted by Gasteiger charge is 2.22. The van der Waals surface area contributed by atoms with Gasteiger partial charge in [0.1, 0.15) is 13.1 Å². The molecule has 0 aromatic heterocycles. The predicted molar refractivity (Wildman–Crippen MR) is 50.6 cm³/mol. The van der Waals surface area contributed by atoms with Crippen molar-refractivity contribution in [2.75, 3.05) is 13.1 Å². The number of nitrogens with zero attached hydrogens (tertiary/aromatic N) is 3. The molecule has 1 amide bonds. The highest BCUT2D eigenvalue weighted by Crippen LogP contribution is 2.02. The Labute approximate surface area is 83.7 Å². The van der Waals surface area contributed by atoms with Crippen molar-refractivity contribution in [1.29, 1.82) is 10.5 Å². The van der Waals surface area contributed by atoms with Crippen molar-refractivity contribution in [3.8, 4) is 12.1 Å². The second-order valence-electron chi connectivity index (χ2n) is 3.28. The van der Waals surface area contributed by atoms with Gasteiger partial charge in [-0.2, -0.15) is 10.5 Å². The molecule has 0 aliphatic heterocycles. The third-order valence-corrected chi connectivity index (χ3v) is 1.84. The van der Waals surface area contributed by atoms with Gasteiger partial charge in [0, 0.05) is 0 Å². The fourth-order valence-corrected chi connectivity index (χ4v) is 0.878. The predicted octanol–water partition coefficient (Wildman–Crippen LogP) is -0.155. The van der Waals surface area contributed by atoms with Crippen molar-refractivity contribution >= 4 is 5.91 Å². The van der Waals surface area contributed by atoms with Crippen molar-refractivity contribution in [2.45, 2.75) is 19.9 Å². The van der Waals surface area contributed by atoms with Crippen LogP contribution in [-0.4, -0.2) is 29.9 Å². The van der Waals surface area contributed by atoms with Gasteiger partial charge in [0.15, 0.2) is 0 Å². The number of carbonyl (C=O) groups is 1. The van der Waals surface area contributed by atoms with Crippen LogP contribution in [-0.2, 0) is 4.79 Å². The number of hydrogen-bond acceptors (Lipinski definition) is 4. The molecule has 0 fully saturated rings. The zero-order valence-corrected chi connectivity index (χ0v) is 8.40. The van der Waals surface area contributed by atoms with E-state index in [4.69, 9.17) is 16.3 Å². The van der Waals surface area contributed by atoms with Crippen molar-refractivity contribution < 1.29 is 4.79 Å². The molecule has 0 unspecified atom stereocenters. The summed E-state index contributed by atoms with van der Waals surface area (Å²) in [5.41, 5.74) is 5.61. The lowest BCUT2D eigenvalue weighted by Crippen LogP contribution is -2.46. The van der Waals surface area contributed by atoms with Crippen LogP contribution in [0, 0.1) is 28.6 Å². The maximum atomic E-state index is 11.6. The number of amides is 1. The molecule has 0 spiro atoms. The van der Waals surface area contributed by atoms with Crippen LogP contribution in [0.25, 0.3) is 0 Å². The molecule has 0 aromatic carbocycles. The standard InChI is InChI=1S/C9H14N4O/c1-7(2)8(12)9(14)13(5-3-10)6-4-11/h7-8H,5-6,12H2,1-2H3/t8-/m1/s1. The molecule has 0 heterocycles. The van der Waals surface area contributed by atoms with E-state index in [0.29, 0.717) is 0 Å². The Morgan fingerprint density at radius 3 is 2.07 bits per heavy atom. The molecule has 0 saturated carbocycles. The molecule has 0 bridgehead atoms. The number of nitriles is 2. The number of carbonyl (C=O) groups excluding carboxylic acids is 1. The van der Waals surface area contributed by atoms with Gasteiger partial charge in [0.25, 0.3) is 0 Å². The summed E-state index contributed by atoms with van der Waals surface area (Å²) in [7, 11) is 0. The minimum atomic E-state index is -0.642. The first-order valence-electron chi connectivity index (χ1n) is 4.32. The maximum Gasteiger partial charge on any atom is 0.241 e. The first kappa shape index (κ1) is 12.4. The molecule has 76 valence electrons. The van der Waals surface area contributed by atoms with E-state index in [-0.39, 0.29) is 24.9 Å². The van der Waals surface area contributed by atoms with Gasteiger partial charge >= 0.3 is 0 Å². The normalized spacial score (nSPS) is 11.6. The Hall–Kier alpha value is -1.59. The molecular weight excluding hydrogens is 180 g/mol. The van der Waals surface area contributed by atoms with Crippen LogP contribution in [0.4, 0.5) is 0 Å². The van der Waals surface area contributed by atoms with E-state index in [9.17, 15) is 4.79 Å². The van der Waals surface area contributed by atoms with E-state index >= 15 is 0 Å². The Bertz CT molecular complexity index is 258. The quantitative estimate of drug-likeness (QED) is 0.629. The summed E-state index contributed by atoms with van der Waals surface area (Å²) in [5.74, 6) is -0.342. The zero-order valence-electron chi connectivity index (χ0n) is 8.40. The van der Waals surface area contributed by atoms with Crippen LogP contribution in [0.3, 0.4) is 0 Å². The highest BCUT2D eigenvalue weighted by molar-refractivity contribution is 5.82. The fraction of sp³-hybridized carbons (Fsp3) is 0.667. The summed E-state index contributed by atoms with van der Waals surface area (Å²) in [4.78, 5) is 12.7. The van der Waals surface area contributed by atoms with E-state index in [1.165, 1.54) is 0 Å². The van der Waals surface area contributed by atoms with Gasteiger partial charge in [-0.3, -0.25) is 4.79 Å². The van der Waals surface area contributed by atoms with Gasteiger partial charge in [0.2, 0.25) is 5.91 Å². The van der Waals surface area contributed by atoms with Gasteiger partial charge in [-0.05, 0) is 5.92 Å². The van der Waals surface area contributed by atoms with E-state index in [1.807, 2.05) is 26.0 Å². The van der Waals surface area contributed by atoms with E-state index < -0.39 is 6.04 Å². The summed E-state index contributed by atoms with van der Waals surface area (Å²) in [6, 6.07) is 3.01. The third kappa shape index (κ3) is 3.42. The van der Waals surface area contributed by atoms with Crippen LogP contribution in [0.2, 0.25) is 0 Å². The molecule has 14 heavy (non-hydrogen) atoms. The van der Waals surface area contributed by atoms with Crippen LogP contribution in [0.5, 0.6) is 0 Å². The molecule has 0 saturated heterocycles. The molecule has 1 atom stereocenters. The first-order chi connectivity index (χ1) is 6.54. The van der Waals surface area contributed by atoms with E-state index in [0.717, 1.165) is 4.90 Å². The lowest BCUT2D eigenvalue weighted by atomic mass is 10.0. The lowest BCUT2D eigenvalue weighted by Gasteiger charge is -2.22. The Kier molecular flexibility index (Phi) is 5.28. The van der Waals surface area contributed by atoms with Gasteiger partial charge in [-0.1, -0.05) is 13.8 Å². The number of hydrogen-bond donors (Lipinski definition) is 1. The molecule has 0 aliphatic rings. The molecule has 5 heteroatoms. The van der Waals surface area contributed by atoms with Crippen LogP contribution in [0.1, 0.15) is 13.8 Å². The maximum absolute atomic E-state index is 11.6. The molecule has 0 radical (unpaired) electrons. The largest absolute Gasteiger partial charge is 0.320 e. The minimum Gasteiger partial charge on any atom is -0.320 e. The highest BCUT2D eigenvalue weighted by atomic mass is 16.2. The summed E-state index contributed by atoms with van der Waals surface area (Å²) in [6.07, 6.45) is 0. The SMILES string of the molecule is CC(C)[C@@H](N)C(=O)N(CC#N)CC#N. The average Bonchev–Trinajstić information content (AvgIpc) is 2.15. The molecule has 0 aromatic rings. The Morgan fingerprint density at radius 2 is 1.79 bits per heavy atom. The van der Waals surface area contributed by atoms with Crippen molar-refractivity contribution in [2.24, 2.45) is 11.7 Å². The van der Waals surface area contributed by atoms with Crippen molar-refractivity contribution in [1.82, 2.24) is 4.90 Å². The van der Waals surface area contributed by atoms with E-state index in [2.05, 4.69) is 0 Å². The molecular formula is C9H14N4O. The van der Waals surface area contributed by atoms with Gasteiger partial charge in [-0.15, -0.1) is 0 Å². The average molecular weight is 194 g/mol. The number of nitrogens with two attached hydrogens (primary N) is 1. The molecule has 0 aliphatic carbocycles. The zero-order chi connectivity index (χ0) is 11.1. The van der Waals surface area contributed by atoms with Crippen molar-refractivity contribution in [3.63, 3.8) is 0 Å². The van der Waals surface area contributed by atoms with Crippen LogP contribution < -0.4 is 5.73 Å². The smallest absolute Gasteiger partial charge is 0.241 e. The van der Waals surface area contributed by atoms with Gasteiger partial charge in [-0.25, -0.2) is 0 Å². The topological polar surface area (TPSA) is 93.9 Å². The first-order valence-corrected chi connectivity index (χ1v) is 4.32. The monoisotopic (exact) mass is 194 g/mol.